The Labute approximate surface area is 126 Å². The number of methoxy groups -OCH3 is 1. The van der Waals surface area contributed by atoms with Crippen molar-refractivity contribution in [1.29, 1.82) is 0 Å². The average Bonchev–Trinajstić information content (AvgIpc) is 2.45. The summed E-state index contributed by atoms with van der Waals surface area (Å²) in [6.45, 7) is 6.93. The summed E-state index contributed by atoms with van der Waals surface area (Å²) in [7, 11) is 1.65. The Morgan fingerprint density at radius 2 is 2.10 bits per heavy atom. The van der Waals surface area contributed by atoms with Gasteiger partial charge in [0.15, 0.2) is 5.82 Å². The van der Waals surface area contributed by atoms with Gasteiger partial charge in [-0.15, -0.1) is 0 Å². The monoisotopic (exact) mass is 294 g/mol. The number of aromatic nitrogens is 2. The fourth-order valence-corrected chi connectivity index (χ4v) is 2.40. The summed E-state index contributed by atoms with van der Waals surface area (Å²) < 4.78 is 5.15. The molecule has 0 spiro atoms. The molecule has 1 saturated heterocycles. The minimum Gasteiger partial charge on any atom is -0.390 e. The third-order valence-electron chi connectivity index (χ3n) is 3.75. The van der Waals surface area contributed by atoms with Crippen molar-refractivity contribution in [1.82, 2.24) is 9.97 Å². The lowest BCUT2D eigenvalue weighted by atomic mass is 9.94. The van der Waals surface area contributed by atoms with Gasteiger partial charge in [0.25, 0.3) is 0 Å². The molecule has 1 aromatic heterocycles. The second-order valence-corrected chi connectivity index (χ2v) is 5.87. The molecule has 1 fully saturated rings. The number of piperidine rings is 1. The molecule has 2 N–H and O–H groups in total. The van der Waals surface area contributed by atoms with Crippen LogP contribution in [-0.4, -0.2) is 47.4 Å². The fraction of sp³-hybridized carbons (Fsp3) is 0.733. The molecular formula is C15H26N4O2. The maximum atomic E-state index is 10.1. The first kappa shape index (κ1) is 16.0. The molecule has 1 aromatic rings. The number of ether oxygens (including phenoxy) is 1. The van der Waals surface area contributed by atoms with Crippen LogP contribution in [0.5, 0.6) is 0 Å². The van der Waals surface area contributed by atoms with E-state index in [4.69, 9.17) is 4.74 Å². The lowest BCUT2D eigenvalue weighted by molar-refractivity contribution is 0.0350. The van der Waals surface area contributed by atoms with Crippen molar-refractivity contribution in [2.24, 2.45) is 0 Å². The Morgan fingerprint density at radius 1 is 1.38 bits per heavy atom. The molecule has 0 bridgehead atoms. The van der Waals surface area contributed by atoms with Gasteiger partial charge in [0, 0.05) is 32.8 Å². The van der Waals surface area contributed by atoms with Gasteiger partial charge in [0.05, 0.1) is 5.60 Å². The number of hydrogen-bond donors (Lipinski definition) is 2. The summed E-state index contributed by atoms with van der Waals surface area (Å²) in [5, 5.41) is 13.4. The number of hydrogen-bond acceptors (Lipinski definition) is 6. The predicted molar refractivity (Wildman–Crippen MR) is 83.6 cm³/mol. The molecule has 0 saturated carbocycles. The largest absolute Gasteiger partial charge is 0.390 e. The molecule has 0 atom stereocenters. The highest BCUT2D eigenvalue weighted by molar-refractivity contribution is 5.49. The van der Waals surface area contributed by atoms with Gasteiger partial charge >= 0.3 is 0 Å². The minimum absolute atomic E-state index is 0.403. The number of anilines is 2. The van der Waals surface area contributed by atoms with Gasteiger partial charge < -0.3 is 20.1 Å². The normalized spacial score (nSPS) is 17.8. The standard InChI is InChI=1S/C15H26N4O2/c1-4-7-16-12-10-14(18-13(17-12)11-21-3)19-8-5-15(2,20)6-9-19/h10,20H,4-9,11H2,1-3H3,(H,16,17,18). The lowest BCUT2D eigenvalue weighted by Gasteiger charge is -2.36. The molecule has 1 aliphatic rings. The Balaban J connectivity index is 2.15. The van der Waals surface area contributed by atoms with Crippen LogP contribution < -0.4 is 10.2 Å². The molecule has 2 heterocycles. The van der Waals surface area contributed by atoms with Crippen LogP contribution in [-0.2, 0) is 11.3 Å². The quantitative estimate of drug-likeness (QED) is 0.833. The highest BCUT2D eigenvalue weighted by Crippen LogP contribution is 2.26. The molecule has 0 radical (unpaired) electrons. The first-order valence-corrected chi connectivity index (χ1v) is 7.62. The highest BCUT2D eigenvalue weighted by Gasteiger charge is 2.28. The third kappa shape index (κ3) is 4.54. The zero-order valence-corrected chi connectivity index (χ0v) is 13.2. The number of rotatable bonds is 6. The van der Waals surface area contributed by atoms with E-state index in [1.807, 2.05) is 13.0 Å². The van der Waals surface area contributed by atoms with E-state index >= 15 is 0 Å². The van der Waals surface area contributed by atoms with Gasteiger partial charge in [-0.2, -0.15) is 0 Å². The number of nitrogens with one attached hydrogen (secondary N) is 1. The van der Waals surface area contributed by atoms with Gasteiger partial charge in [0.1, 0.15) is 18.2 Å². The smallest absolute Gasteiger partial charge is 0.158 e. The molecule has 118 valence electrons. The van der Waals surface area contributed by atoms with Crippen molar-refractivity contribution in [3.63, 3.8) is 0 Å². The molecule has 1 aliphatic heterocycles. The third-order valence-corrected chi connectivity index (χ3v) is 3.75. The number of nitrogens with zero attached hydrogens (tertiary/aromatic N) is 3. The zero-order chi connectivity index (χ0) is 15.3. The van der Waals surface area contributed by atoms with Crippen LogP contribution in [0.4, 0.5) is 11.6 Å². The first-order chi connectivity index (χ1) is 10.0. The van der Waals surface area contributed by atoms with E-state index < -0.39 is 5.60 Å². The number of aliphatic hydroxyl groups is 1. The molecule has 21 heavy (non-hydrogen) atoms. The van der Waals surface area contributed by atoms with Crippen LogP contribution >= 0.6 is 0 Å². The van der Waals surface area contributed by atoms with E-state index in [1.165, 1.54) is 0 Å². The van der Waals surface area contributed by atoms with Crippen molar-refractivity contribution in [3.8, 4) is 0 Å². The van der Waals surface area contributed by atoms with E-state index in [1.54, 1.807) is 7.11 Å². The van der Waals surface area contributed by atoms with Crippen molar-refractivity contribution in [2.45, 2.75) is 45.3 Å². The second-order valence-electron chi connectivity index (χ2n) is 5.87. The summed E-state index contributed by atoms with van der Waals surface area (Å²) in [6, 6.07) is 1.98. The molecule has 6 heteroatoms. The molecule has 2 rings (SSSR count). The Kier molecular flexibility index (Phi) is 5.36. The molecule has 0 amide bonds. The van der Waals surface area contributed by atoms with E-state index in [9.17, 15) is 5.11 Å². The Hall–Kier alpha value is -1.40. The summed E-state index contributed by atoms with van der Waals surface area (Å²) in [6.07, 6.45) is 2.56. The van der Waals surface area contributed by atoms with E-state index in [0.717, 1.165) is 50.5 Å². The Bertz CT molecular complexity index is 455. The van der Waals surface area contributed by atoms with Gasteiger partial charge in [-0.25, -0.2) is 9.97 Å². The van der Waals surface area contributed by atoms with Crippen molar-refractivity contribution >= 4 is 11.6 Å². The molecule has 6 nitrogen and oxygen atoms in total. The van der Waals surface area contributed by atoms with Crippen LogP contribution in [0, 0.1) is 0 Å². The lowest BCUT2D eigenvalue weighted by Crippen LogP contribution is -2.42. The summed E-state index contributed by atoms with van der Waals surface area (Å²) in [5.41, 5.74) is -0.553. The summed E-state index contributed by atoms with van der Waals surface area (Å²) in [4.78, 5) is 11.2. The van der Waals surface area contributed by atoms with Crippen LogP contribution in [0.1, 0.15) is 38.9 Å². The van der Waals surface area contributed by atoms with Gasteiger partial charge in [-0.1, -0.05) is 6.92 Å². The van der Waals surface area contributed by atoms with E-state index in [-0.39, 0.29) is 0 Å². The van der Waals surface area contributed by atoms with Gasteiger partial charge in [0.2, 0.25) is 0 Å². The Morgan fingerprint density at radius 3 is 2.71 bits per heavy atom. The second kappa shape index (κ2) is 7.04. The summed E-state index contributed by atoms with van der Waals surface area (Å²) >= 11 is 0. The van der Waals surface area contributed by atoms with Crippen LogP contribution in [0.15, 0.2) is 6.07 Å². The average molecular weight is 294 g/mol. The summed E-state index contributed by atoms with van der Waals surface area (Å²) in [5.74, 6) is 2.43. The zero-order valence-electron chi connectivity index (χ0n) is 13.2. The van der Waals surface area contributed by atoms with Crippen molar-refractivity contribution in [3.05, 3.63) is 11.9 Å². The van der Waals surface area contributed by atoms with Crippen LogP contribution in [0.3, 0.4) is 0 Å². The predicted octanol–water partition coefficient (Wildman–Crippen LogP) is 1.80. The molecule has 0 aromatic carbocycles. The molecule has 0 aliphatic carbocycles. The van der Waals surface area contributed by atoms with Crippen LogP contribution in [0.2, 0.25) is 0 Å². The van der Waals surface area contributed by atoms with Gasteiger partial charge in [-0.05, 0) is 26.2 Å². The minimum atomic E-state index is -0.553. The topological polar surface area (TPSA) is 70.5 Å². The van der Waals surface area contributed by atoms with Crippen molar-refractivity contribution < 1.29 is 9.84 Å². The molecule has 0 unspecified atom stereocenters. The van der Waals surface area contributed by atoms with Crippen molar-refractivity contribution in [2.75, 3.05) is 37.0 Å². The van der Waals surface area contributed by atoms with Crippen LogP contribution in [0.25, 0.3) is 0 Å². The van der Waals surface area contributed by atoms with Gasteiger partial charge in [-0.3, -0.25) is 0 Å². The highest BCUT2D eigenvalue weighted by atomic mass is 16.5. The van der Waals surface area contributed by atoms with E-state index in [0.29, 0.717) is 12.4 Å². The SMILES string of the molecule is CCCNc1cc(N2CCC(C)(O)CC2)nc(COC)n1. The maximum Gasteiger partial charge on any atom is 0.158 e. The first-order valence-electron chi connectivity index (χ1n) is 7.62. The maximum absolute atomic E-state index is 10.1. The fourth-order valence-electron chi connectivity index (χ4n) is 2.40. The molecular weight excluding hydrogens is 268 g/mol. The van der Waals surface area contributed by atoms with E-state index in [2.05, 4.69) is 27.1 Å².